The minimum atomic E-state index is -0.0883. The standard InChI is InChI=1S/C27H25BrN4OS/c1-17-16-23(18(2)31(17)20-9-7-19(28)8-10-20)26-25(24-6-4-5-15-29-24)30-27(34)32(26)21-11-13-22(33-3)14-12-21/h4-16,25-26H,1-3H3,(H,30,34)/t25-,26-/m1/s1. The molecule has 1 fully saturated rings. The number of nitrogens with zero attached hydrogens (tertiary/aromatic N) is 3. The molecule has 0 amide bonds. The Morgan fingerprint density at radius 1 is 0.971 bits per heavy atom. The van der Waals surface area contributed by atoms with E-state index in [1.165, 1.54) is 17.0 Å². The predicted octanol–water partition coefficient (Wildman–Crippen LogP) is 6.44. The molecule has 0 unspecified atom stereocenters. The van der Waals surface area contributed by atoms with E-state index in [-0.39, 0.29) is 12.1 Å². The van der Waals surface area contributed by atoms with Crippen LogP contribution in [0.1, 0.15) is 34.7 Å². The molecule has 0 radical (unpaired) electrons. The van der Waals surface area contributed by atoms with Crippen LogP contribution in [0, 0.1) is 13.8 Å². The molecule has 0 bridgehead atoms. The van der Waals surface area contributed by atoms with Gasteiger partial charge in [0.1, 0.15) is 5.75 Å². The summed E-state index contributed by atoms with van der Waals surface area (Å²) >= 11 is 9.42. The summed E-state index contributed by atoms with van der Waals surface area (Å²) in [7, 11) is 1.67. The largest absolute Gasteiger partial charge is 0.497 e. The van der Waals surface area contributed by atoms with Crippen LogP contribution in [0.15, 0.2) is 83.5 Å². The van der Waals surface area contributed by atoms with Gasteiger partial charge in [0.15, 0.2) is 5.11 Å². The quantitative estimate of drug-likeness (QED) is 0.299. The lowest BCUT2D eigenvalue weighted by Crippen LogP contribution is -2.29. The van der Waals surface area contributed by atoms with E-state index in [0.717, 1.165) is 27.3 Å². The molecule has 5 nitrogen and oxygen atoms in total. The van der Waals surface area contributed by atoms with E-state index in [4.69, 9.17) is 17.0 Å². The van der Waals surface area contributed by atoms with Gasteiger partial charge in [0.2, 0.25) is 0 Å². The normalized spacial score (nSPS) is 17.6. The topological polar surface area (TPSA) is 42.3 Å². The number of halogens is 1. The summed E-state index contributed by atoms with van der Waals surface area (Å²) in [5, 5.41) is 4.23. The first kappa shape index (κ1) is 22.6. The SMILES string of the molecule is COc1ccc(N2C(=S)N[C@H](c3ccccn3)[C@H]2c2cc(C)n(-c3ccc(Br)cc3)c2C)cc1. The van der Waals surface area contributed by atoms with E-state index in [1.807, 2.05) is 30.5 Å². The van der Waals surface area contributed by atoms with E-state index in [1.54, 1.807) is 7.11 Å². The number of hydrogen-bond acceptors (Lipinski definition) is 3. The molecule has 7 heteroatoms. The Balaban J connectivity index is 1.66. The van der Waals surface area contributed by atoms with Crippen molar-refractivity contribution in [1.82, 2.24) is 14.9 Å². The summed E-state index contributed by atoms with van der Waals surface area (Å²) in [5.74, 6) is 0.813. The van der Waals surface area contributed by atoms with Gasteiger partial charge in [0, 0.05) is 33.4 Å². The van der Waals surface area contributed by atoms with Gasteiger partial charge in [-0.2, -0.15) is 0 Å². The molecule has 1 N–H and O–H groups in total. The Morgan fingerprint density at radius 2 is 1.68 bits per heavy atom. The molecule has 3 heterocycles. The monoisotopic (exact) mass is 532 g/mol. The second-order valence-electron chi connectivity index (χ2n) is 8.33. The number of benzene rings is 2. The fraction of sp³-hybridized carbons (Fsp3) is 0.185. The molecule has 5 rings (SSSR count). The van der Waals surface area contributed by atoms with Crippen molar-refractivity contribution in [1.29, 1.82) is 0 Å². The summed E-state index contributed by atoms with van der Waals surface area (Å²) in [6.07, 6.45) is 1.83. The molecule has 0 spiro atoms. The van der Waals surface area contributed by atoms with E-state index in [9.17, 15) is 0 Å². The number of aryl methyl sites for hydroxylation is 1. The zero-order valence-corrected chi connectivity index (χ0v) is 21.6. The maximum atomic E-state index is 5.87. The third kappa shape index (κ3) is 3.99. The second kappa shape index (κ2) is 9.24. The number of pyridine rings is 1. The van der Waals surface area contributed by atoms with Gasteiger partial charge in [-0.3, -0.25) is 4.98 Å². The van der Waals surface area contributed by atoms with Crippen molar-refractivity contribution in [3.63, 3.8) is 0 Å². The van der Waals surface area contributed by atoms with Crippen LogP contribution < -0.4 is 15.0 Å². The minimum Gasteiger partial charge on any atom is -0.497 e. The molecular formula is C27H25BrN4OS. The number of ether oxygens (including phenoxy) is 1. The van der Waals surface area contributed by atoms with Gasteiger partial charge in [-0.15, -0.1) is 0 Å². The molecule has 1 aliphatic rings. The van der Waals surface area contributed by atoms with Crippen LogP contribution in [-0.2, 0) is 0 Å². The molecule has 172 valence electrons. The van der Waals surface area contributed by atoms with E-state index >= 15 is 0 Å². The maximum Gasteiger partial charge on any atom is 0.174 e. The predicted molar refractivity (Wildman–Crippen MR) is 144 cm³/mol. The molecule has 0 saturated carbocycles. The maximum absolute atomic E-state index is 5.87. The van der Waals surface area contributed by atoms with Crippen molar-refractivity contribution in [3.05, 3.63) is 106 Å². The summed E-state index contributed by atoms with van der Waals surface area (Å²) in [4.78, 5) is 6.87. The Kier molecular flexibility index (Phi) is 6.15. The zero-order chi connectivity index (χ0) is 23.8. The van der Waals surface area contributed by atoms with Gasteiger partial charge < -0.3 is 19.5 Å². The third-order valence-electron chi connectivity index (χ3n) is 6.32. The van der Waals surface area contributed by atoms with Crippen LogP contribution in [-0.4, -0.2) is 21.8 Å². The van der Waals surface area contributed by atoms with Gasteiger partial charge in [-0.05, 0) is 98.4 Å². The molecule has 2 aromatic heterocycles. The van der Waals surface area contributed by atoms with Gasteiger partial charge in [0.25, 0.3) is 0 Å². The highest BCUT2D eigenvalue weighted by atomic mass is 79.9. The smallest absolute Gasteiger partial charge is 0.174 e. The van der Waals surface area contributed by atoms with Crippen molar-refractivity contribution in [2.45, 2.75) is 25.9 Å². The molecule has 4 aromatic rings. The van der Waals surface area contributed by atoms with Gasteiger partial charge in [0.05, 0.1) is 24.9 Å². The lowest BCUT2D eigenvalue weighted by atomic mass is 9.96. The first-order valence-corrected chi connectivity index (χ1v) is 12.3. The van der Waals surface area contributed by atoms with Crippen LogP contribution in [0.25, 0.3) is 5.69 Å². The lowest BCUT2D eigenvalue weighted by molar-refractivity contribution is 0.415. The number of hydrogen-bond donors (Lipinski definition) is 1. The summed E-state index contributed by atoms with van der Waals surface area (Å²) in [6, 6.07) is 24.6. The van der Waals surface area contributed by atoms with Crippen LogP contribution in [0.4, 0.5) is 5.69 Å². The molecule has 1 aliphatic heterocycles. The van der Waals surface area contributed by atoms with Crippen molar-refractivity contribution in [2.75, 3.05) is 12.0 Å². The molecule has 34 heavy (non-hydrogen) atoms. The fourth-order valence-electron chi connectivity index (χ4n) is 4.77. The van der Waals surface area contributed by atoms with Gasteiger partial charge in [-0.1, -0.05) is 22.0 Å². The van der Waals surface area contributed by atoms with Crippen LogP contribution in [0.3, 0.4) is 0 Å². The van der Waals surface area contributed by atoms with Crippen LogP contribution in [0.2, 0.25) is 0 Å². The van der Waals surface area contributed by atoms with E-state index in [2.05, 4.69) is 98.1 Å². The molecule has 0 aliphatic carbocycles. The number of aromatic nitrogens is 2. The Bertz CT molecular complexity index is 1320. The summed E-state index contributed by atoms with van der Waals surface area (Å²) in [6.45, 7) is 4.32. The number of nitrogens with one attached hydrogen (secondary N) is 1. The highest BCUT2D eigenvalue weighted by Crippen LogP contribution is 2.44. The molecular weight excluding hydrogens is 508 g/mol. The number of anilines is 1. The first-order valence-electron chi connectivity index (χ1n) is 11.1. The average molecular weight is 533 g/mol. The fourth-order valence-corrected chi connectivity index (χ4v) is 5.38. The first-order chi connectivity index (χ1) is 16.5. The average Bonchev–Trinajstić information content (AvgIpc) is 3.35. The molecule has 2 aromatic carbocycles. The Morgan fingerprint density at radius 3 is 2.32 bits per heavy atom. The Labute approximate surface area is 213 Å². The van der Waals surface area contributed by atoms with E-state index < -0.39 is 0 Å². The number of thiocarbonyl (C=S) groups is 1. The van der Waals surface area contributed by atoms with Crippen molar-refractivity contribution < 1.29 is 4.74 Å². The summed E-state index contributed by atoms with van der Waals surface area (Å²) < 4.78 is 8.73. The molecule has 2 atom stereocenters. The van der Waals surface area contributed by atoms with Crippen LogP contribution in [0.5, 0.6) is 5.75 Å². The van der Waals surface area contributed by atoms with Crippen molar-refractivity contribution in [2.24, 2.45) is 0 Å². The number of rotatable bonds is 5. The highest BCUT2D eigenvalue weighted by Gasteiger charge is 2.42. The van der Waals surface area contributed by atoms with E-state index in [0.29, 0.717) is 5.11 Å². The van der Waals surface area contributed by atoms with Gasteiger partial charge in [-0.25, -0.2) is 0 Å². The zero-order valence-electron chi connectivity index (χ0n) is 19.2. The summed E-state index contributed by atoms with van der Waals surface area (Å²) in [5.41, 5.74) is 6.65. The highest BCUT2D eigenvalue weighted by molar-refractivity contribution is 9.10. The minimum absolute atomic E-state index is 0.0637. The second-order valence-corrected chi connectivity index (χ2v) is 9.64. The lowest BCUT2D eigenvalue weighted by Gasteiger charge is -2.28. The molecule has 1 saturated heterocycles. The van der Waals surface area contributed by atoms with Gasteiger partial charge >= 0.3 is 0 Å². The van der Waals surface area contributed by atoms with Crippen molar-refractivity contribution >= 4 is 38.9 Å². The van der Waals surface area contributed by atoms with Crippen molar-refractivity contribution in [3.8, 4) is 11.4 Å². The number of methoxy groups -OCH3 is 1. The third-order valence-corrected chi connectivity index (χ3v) is 7.17. The Hall–Kier alpha value is -3.16. The van der Waals surface area contributed by atoms with Crippen LogP contribution >= 0.6 is 28.1 Å².